The minimum atomic E-state index is -0.896. The van der Waals surface area contributed by atoms with E-state index in [1.807, 2.05) is 37.3 Å². The van der Waals surface area contributed by atoms with Crippen molar-refractivity contribution in [3.8, 4) is 0 Å². The number of carbonyl (C=O) groups excluding carboxylic acids is 2. The van der Waals surface area contributed by atoms with E-state index < -0.39 is 12.1 Å². The van der Waals surface area contributed by atoms with Crippen molar-refractivity contribution in [2.75, 3.05) is 0 Å². The molecule has 0 bridgehead atoms. The fourth-order valence-corrected chi connectivity index (χ4v) is 2.24. The maximum Gasteiger partial charge on any atom is 0.338 e. The number of benzene rings is 2. The summed E-state index contributed by atoms with van der Waals surface area (Å²) in [6.07, 6.45) is -0.896. The lowest BCUT2D eigenvalue weighted by atomic mass is 10.1. The summed E-state index contributed by atoms with van der Waals surface area (Å²) >= 11 is 5.84. The molecule has 2 aromatic rings. The normalized spacial score (nSPS) is 13.0. The molecular weight excluding hydrogens is 314 g/mol. The van der Waals surface area contributed by atoms with Gasteiger partial charge in [0, 0.05) is 5.02 Å². The number of amides is 1. The summed E-state index contributed by atoms with van der Waals surface area (Å²) < 4.78 is 5.18. The predicted octanol–water partition coefficient (Wildman–Crippen LogP) is 3.76. The van der Waals surface area contributed by atoms with Crippen molar-refractivity contribution in [1.82, 2.24) is 5.32 Å². The van der Waals surface area contributed by atoms with Crippen molar-refractivity contribution in [3.05, 3.63) is 70.7 Å². The highest BCUT2D eigenvalue weighted by Gasteiger charge is 2.20. The number of hydrogen-bond donors (Lipinski definition) is 1. The minimum Gasteiger partial charge on any atom is -0.449 e. The second kappa shape index (κ2) is 7.79. The smallest absolute Gasteiger partial charge is 0.338 e. The Balaban J connectivity index is 1.93. The van der Waals surface area contributed by atoms with Crippen LogP contribution in [0.5, 0.6) is 0 Å². The van der Waals surface area contributed by atoms with Crippen LogP contribution in [0.3, 0.4) is 0 Å². The van der Waals surface area contributed by atoms with Crippen molar-refractivity contribution < 1.29 is 14.3 Å². The van der Waals surface area contributed by atoms with E-state index in [1.54, 1.807) is 18.2 Å². The first-order valence-electron chi connectivity index (χ1n) is 7.29. The van der Waals surface area contributed by atoms with E-state index in [-0.39, 0.29) is 11.9 Å². The SMILES string of the molecule is CC(OC(=O)c1cccc(Cl)c1)C(=O)NC(C)c1ccccc1. The standard InChI is InChI=1S/C18H18ClNO3/c1-12(14-7-4-3-5-8-14)20-17(21)13(2)23-18(22)15-9-6-10-16(19)11-15/h3-13H,1-2H3,(H,20,21). The second-order valence-corrected chi connectivity index (χ2v) is 5.64. The van der Waals surface area contributed by atoms with Crippen LogP contribution in [0.2, 0.25) is 5.02 Å². The Labute approximate surface area is 140 Å². The Morgan fingerprint density at radius 2 is 1.74 bits per heavy atom. The van der Waals surface area contributed by atoms with Gasteiger partial charge in [0.15, 0.2) is 6.10 Å². The van der Waals surface area contributed by atoms with Crippen molar-refractivity contribution in [1.29, 1.82) is 0 Å². The second-order valence-electron chi connectivity index (χ2n) is 5.20. The summed E-state index contributed by atoms with van der Waals surface area (Å²) in [5, 5.41) is 3.26. The molecule has 4 nitrogen and oxygen atoms in total. The van der Waals surface area contributed by atoms with E-state index in [0.29, 0.717) is 10.6 Å². The van der Waals surface area contributed by atoms with Gasteiger partial charge in [0.2, 0.25) is 0 Å². The lowest BCUT2D eigenvalue weighted by molar-refractivity contribution is -0.129. The molecule has 2 atom stereocenters. The Bertz CT molecular complexity index is 688. The summed E-state index contributed by atoms with van der Waals surface area (Å²) in [7, 11) is 0. The van der Waals surface area contributed by atoms with Crippen molar-refractivity contribution in [3.63, 3.8) is 0 Å². The summed E-state index contributed by atoms with van der Waals surface area (Å²) in [5.41, 5.74) is 1.29. The van der Waals surface area contributed by atoms with Gasteiger partial charge >= 0.3 is 5.97 Å². The minimum absolute atomic E-state index is 0.170. The van der Waals surface area contributed by atoms with Crippen molar-refractivity contribution >= 4 is 23.5 Å². The van der Waals surface area contributed by atoms with Crippen molar-refractivity contribution in [2.45, 2.75) is 26.0 Å². The summed E-state index contributed by atoms with van der Waals surface area (Å²) in [4.78, 5) is 24.2. The monoisotopic (exact) mass is 331 g/mol. The molecule has 2 unspecified atom stereocenters. The van der Waals surface area contributed by atoms with E-state index >= 15 is 0 Å². The van der Waals surface area contributed by atoms with Crippen LogP contribution >= 0.6 is 11.6 Å². The fourth-order valence-electron chi connectivity index (χ4n) is 2.05. The Hall–Kier alpha value is -2.33. The highest BCUT2D eigenvalue weighted by molar-refractivity contribution is 6.30. The molecule has 5 heteroatoms. The third-order valence-corrected chi connectivity index (χ3v) is 3.61. The quantitative estimate of drug-likeness (QED) is 0.849. The maximum atomic E-state index is 12.1. The van der Waals surface area contributed by atoms with E-state index in [2.05, 4.69) is 5.32 Å². The van der Waals surface area contributed by atoms with Crippen LogP contribution in [-0.4, -0.2) is 18.0 Å². The first-order chi connectivity index (χ1) is 11.0. The summed E-state index contributed by atoms with van der Waals surface area (Å²) in [5.74, 6) is -0.931. The zero-order valence-electron chi connectivity index (χ0n) is 13.0. The molecule has 0 aliphatic rings. The maximum absolute atomic E-state index is 12.1. The molecule has 120 valence electrons. The van der Waals surface area contributed by atoms with Gasteiger partial charge in [0.1, 0.15) is 0 Å². The molecule has 1 N–H and O–H groups in total. The zero-order chi connectivity index (χ0) is 16.8. The number of ether oxygens (including phenoxy) is 1. The molecule has 0 aliphatic carbocycles. The van der Waals surface area contributed by atoms with E-state index in [0.717, 1.165) is 5.56 Å². The molecule has 0 fully saturated rings. The van der Waals surface area contributed by atoms with Gasteiger partial charge in [-0.05, 0) is 37.6 Å². The molecule has 0 radical (unpaired) electrons. The van der Waals surface area contributed by atoms with Gasteiger partial charge in [-0.15, -0.1) is 0 Å². The largest absolute Gasteiger partial charge is 0.449 e. The molecule has 0 saturated heterocycles. The molecule has 0 aliphatic heterocycles. The predicted molar refractivity (Wildman–Crippen MR) is 89.3 cm³/mol. The van der Waals surface area contributed by atoms with E-state index in [9.17, 15) is 9.59 Å². The molecule has 2 aromatic carbocycles. The number of nitrogens with one attached hydrogen (secondary N) is 1. The van der Waals surface area contributed by atoms with Gasteiger partial charge in [0.25, 0.3) is 5.91 Å². The van der Waals surface area contributed by atoms with Crippen LogP contribution in [0.15, 0.2) is 54.6 Å². The van der Waals surface area contributed by atoms with Crippen molar-refractivity contribution in [2.24, 2.45) is 0 Å². The van der Waals surface area contributed by atoms with E-state index in [4.69, 9.17) is 16.3 Å². The highest BCUT2D eigenvalue weighted by Crippen LogP contribution is 2.14. The zero-order valence-corrected chi connectivity index (χ0v) is 13.7. The number of esters is 1. The fraction of sp³-hybridized carbons (Fsp3) is 0.222. The summed E-state index contributed by atoms with van der Waals surface area (Å²) in [6, 6.07) is 15.8. The highest BCUT2D eigenvalue weighted by atomic mass is 35.5. The molecule has 0 saturated carbocycles. The van der Waals surface area contributed by atoms with Gasteiger partial charge < -0.3 is 10.1 Å². The molecule has 1 amide bonds. The lowest BCUT2D eigenvalue weighted by Gasteiger charge is -2.18. The van der Waals surface area contributed by atoms with Crippen LogP contribution in [-0.2, 0) is 9.53 Å². The average molecular weight is 332 g/mol. The summed E-state index contributed by atoms with van der Waals surface area (Å²) in [6.45, 7) is 3.41. The molecule has 2 rings (SSSR count). The van der Waals surface area contributed by atoms with Crippen LogP contribution in [0, 0.1) is 0 Å². The number of carbonyl (C=O) groups is 2. The van der Waals surface area contributed by atoms with Gasteiger partial charge in [0.05, 0.1) is 11.6 Å². The molecule has 0 aromatic heterocycles. The lowest BCUT2D eigenvalue weighted by Crippen LogP contribution is -2.37. The third kappa shape index (κ3) is 4.83. The van der Waals surface area contributed by atoms with Gasteiger partial charge in [-0.1, -0.05) is 48.0 Å². The van der Waals surface area contributed by atoms with Crippen LogP contribution < -0.4 is 5.32 Å². The van der Waals surface area contributed by atoms with Crippen LogP contribution in [0.4, 0.5) is 0 Å². The first kappa shape index (κ1) is 17.0. The topological polar surface area (TPSA) is 55.4 Å². The molecule has 23 heavy (non-hydrogen) atoms. The van der Waals surface area contributed by atoms with Crippen LogP contribution in [0.1, 0.15) is 35.8 Å². The Kier molecular flexibility index (Phi) is 5.77. The third-order valence-electron chi connectivity index (χ3n) is 3.37. The number of hydrogen-bond acceptors (Lipinski definition) is 3. The molecule has 0 heterocycles. The van der Waals surface area contributed by atoms with Crippen LogP contribution in [0.25, 0.3) is 0 Å². The van der Waals surface area contributed by atoms with Gasteiger partial charge in [-0.2, -0.15) is 0 Å². The molecular formula is C18H18ClNO3. The Morgan fingerprint density at radius 3 is 2.39 bits per heavy atom. The van der Waals surface area contributed by atoms with Gasteiger partial charge in [-0.25, -0.2) is 4.79 Å². The van der Waals surface area contributed by atoms with E-state index in [1.165, 1.54) is 13.0 Å². The Morgan fingerprint density at radius 1 is 1.04 bits per heavy atom. The molecule has 0 spiro atoms. The number of rotatable bonds is 5. The number of halogens is 1. The first-order valence-corrected chi connectivity index (χ1v) is 7.67. The van der Waals surface area contributed by atoms with Gasteiger partial charge in [-0.3, -0.25) is 4.79 Å². The average Bonchev–Trinajstić information content (AvgIpc) is 2.55.